The van der Waals surface area contributed by atoms with Crippen LogP contribution in [0.1, 0.15) is 219 Å². The lowest BCUT2D eigenvalue weighted by atomic mass is 10.0. The second kappa shape index (κ2) is 42.5. The molecule has 0 heterocycles. The van der Waals surface area contributed by atoms with Crippen molar-refractivity contribution in [1.82, 2.24) is 0 Å². The molecule has 0 spiro atoms. The number of ether oxygens (including phenoxy) is 1. The number of rotatable bonds is 35. The molecule has 1 radical (unpaired) electrons. The highest BCUT2D eigenvalue weighted by molar-refractivity contribution is 5.66. The predicted molar refractivity (Wildman–Crippen MR) is 183 cm³/mol. The Balaban J connectivity index is 0. The zero-order chi connectivity index (χ0) is 31.0. The molecule has 4 nitrogen and oxygen atoms in total. The van der Waals surface area contributed by atoms with Gasteiger partial charge in [0.2, 0.25) is 0 Å². The van der Waals surface area contributed by atoms with Crippen LogP contribution in [-0.2, 0) is 14.6 Å². The lowest BCUT2D eigenvalue weighted by Crippen LogP contribution is -1.99. The van der Waals surface area contributed by atoms with Gasteiger partial charge in [-0.1, -0.05) is 200 Å². The van der Waals surface area contributed by atoms with Gasteiger partial charge >= 0.3 is 5.97 Å². The van der Waals surface area contributed by atoms with Crippen molar-refractivity contribution < 1.29 is 19.7 Å². The minimum Gasteiger partial charge on any atom is -0.481 e. The number of hydrogen-bond donors (Lipinski definition) is 1. The van der Waals surface area contributed by atoms with Gasteiger partial charge in [0.15, 0.2) is 0 Å². The lowest BCUT2D eigenvalue weighted by Gasteiger charge is -2.04. The first-order chi connectivity index (χ1) is 20.7. The molecule has 0 aliphatic carbocycles. The molecule has 0 saturated carbocycles. The fourth-order valence-corrected chi connectivity index (χ4v) is 5.56. The van der Waals surface area contributed by atoms with Crippen LogP contribution >= 0.6 is 0 Å². The monoisotopic (exact) mass is 598 g/mol. The maximum atomic E-state index is 10.3. The molecule has 0 rings (SSSR count). The van der Waals surface area contributed by atoms with E-state index in [1.165, 1.54) is 180 Å². The van der Waals surface area contributed by atoms with Crippen LogP contribution in [0.4, 0.5) is 0 Å². The van der Waals surface area contributed by atoms with Crippen molar-refractivity contribution in [2.75, 3.05) is 19.8 Å². The molecule has 4 heteroatoms. The van der Waals surface area contributed by atoms with Crippen molar-refractivity contribution >= 4 is 5.97 Å². The summed E-state index contributed by atoms with van der Waals surface area (Å²) in [7, 11) is 0. The average Bonchev–Trinajstić information content (AvgIpc) is 2.98. The Labute approximate surface area is 264 Å². The van der Waals surface area contributed by atoms with E-state index in [2.05, 4.69) is 13.8 Å². The topological polar surface area (TPSA) is 66.4 Å². The van der Waals surface area contributed by atoms with Crippen LogP contribution < -0.4 is 0 Å². The average molecular weight is 598 g/mol. The molecule has 0 saturated heterocycles. The number of carboxylic acid groups (broad SMARTS) is 1. The molecule has 253 valence electrons. The van der Waals surface area contributed by atoms with Crippen molar-refractivity contribution in [3.8, 4) is 0 Å². The number of hydrogen-bond acceptors (Lipinski definition) is 2. The van der Waals surface area contributed by atoms with Crippen molar-refractivity contribution in [3.63, 3.8) is 0 Å². The van der Waals surface area contributed by atoms with Gasteiger partial charge in [-0.05, 0) is 12.8 Å². The van der Waals surface area contributed by atoms with Gasteiger partial charge in [-0.3, -0.25) is 4.79 Å². The second-order valence-corrected chi connectivity index (χ2v) is 12.7. The SMILES string of the molecule is CCCCCCCCCCCCCCCCCC(=O)O.CCCCCCCCCCCCCCCCCCOCC[O]. The Morgan fingerprint density at radius 3 is 0.929 bits per heavy atom. The molecule has 0 fully saturated rings. The van der Waals surface area contributed by atoms with Gasteiger partial charge < -0.3 is 9.84 Å². The van der Waals surface area contributed by atoms with Crippen LogP contribution in [0, 0.1) is 0 Å². The molecule has 0 bridgehead atoms. The summed E-state index contributed by atoms with van der Waals surface area (Å²) in [6.07, 6.45) is 42.5. The van der Waals surface area contributed by atoms with Crippen LogP contribution in [0.3, 0.4) is 0 Å². The van der Waals surface area contributed by atoms with Crippen LogP contribution in [0.2, 0.25) is 0 Å². The molecule has 0 aromatic heterocycles. The third-order valence-corrected chi connectivity index (χ3v) is 8.36. The fourth-order valence-electron chi connectivity index (χ4n) is 5.56. The van der Waals surface area contributed by atoms with E-state index in [0.717, 1.165) is 25.9 Å². The summed E-state index contributed by atoms with van der Waals surface area (Å²) in [4.78, 5) is 10.3. The molecular weight excluding hydrogens is 520 g/mol. The molecule has 42 heavy (non-hydrogen) atoms. The maximum absolute atomic E-state index is 10.3. The zero-order valence-corrected chi connectivity index (χ0v) is 28.9. The predicted octanol–water partition coefficient (Wildman–Crippen LogP) is 13.0. The van der Waals surface area contributed by atoms with Gasteiger partial charge in [-0.25, -0.2) is 5.11 Å². The van der Waals surface area contributed by atoms with Crippen molar-refractivity contribution in [2.24, 2.45) is 0 Å². The van der Waals surface area contributed by atoms with Crippen LogP contribution in [0.15, 0.2) is 0 Å². The van der Waals surface area contributed by atoms with Crippen LogP contribution in [0.25, 0.3) is 0 Å². The van der Waals surface area contributed by atoms with E-state index in [1.807, 2.05) is 0 Å². The Hall–Kier alpha value is -0.610. The van der Waals surface area contributed by atoms with Gasteiger partial charge in [0.25, 0.3) is 0 Å². The van der Waals surface area contributed by atoms with Crippen LogP contribution in [0.5, 0.6) is 0 Å². The first-order valence-electron chi connectivity index (χ1n) is 19.1. The standard InChI is InChI=1S/C20H41O2.C18H36O2/c1-2-3-4-5-6-7-8-9-10-11-12-13-14-15-16-17-19-22-20-18-21;1-2-3-4-5-6-7-8-9-10-11-12-13-14-15-16-17-18(19)20/h2-20H2,1H3;2-17H2,1H3,(H,19,20). The Morgan fingerprint density at radius 1 is 0.405 bits per heavy atom. The second-order valence-electron chi connectivity index (χ2n) is 12.7. The summed E-state index contributed by atoms with van der Waals surface area (Å²) >= 11 is 0. The molecular formula is C38H77O4. The molecule has 0 unspecified atom stereocenters. The van der Waals surface area contributed by atoms with Gasteiger partial charge in [0, 0.05) is 13.0 Å². The fraction of sp³-hybridized carbons (Fsp3) is 0.974. The van der Waals surface area contributed by atoms with E-state index in [1.54, 1.807) is 0 Å². The summed E-state index contributed by atoms with van der Waals surface area (Å²) in [5, 5.41) is 18.7. The number of carboxylic acids is 1. The third kappa shape index (κ3) is 46.4. The van der Waals surface area contributed by atoms with E-state index in [0.29, 0.717) is 13.0 Å². The highest BCUT2D eigenvalue weighted by Crippen LogP contribution is 2.15. The Bertz CT molecular complexity index is 448. The molecule has 1 N–H and O–H groups in total. The first-order valence-corrected chi connectivity index (χ1v) is 19.1. The number of carbonyl (C=O) groups is 1. The van der Waals surface area contributed by atoms with E-state index < -0.39 is 5.97 Å². The summed E-state index contributed by atoms with van der Waals surface area (Å²) in [6.45, 7) is 5.62. The largest absolute Gasteiger partial charge is 0.481 e. The quantitative estimate of drug-likeness (QED) is 0.0739. The highest BCUT2D eigenvalue weighted by atomic mass is 16.5. The van der Waals surface area contributed by atoms with Gasteiger partial charge in [-0.2, -0.15) is 0 Å². The van der Waals surface area contributed by atoms with E-state index in [-0.39, 0.29) is 6.61 Å². The van der Waals surface area contributed by atoms with Crippen LogP contribution in [-0.4, -0.2) is 30.9 Å². The molecule has 0 aliphatic heterocycles. The minimum atomic E-state index is -0.653. The van der Waals surface area contributed by atoms with Gasteiger partial charge in [0.1, 0.15) is 6.61 Å². The van der Waals surface area contributed by atoms with Crippen molar-refractivity contribution in [3.05, 3.63) is 0 Å². The van der Waals surface area contributed by atoms with Gasteiger partial charge in [-0.15, -0.1) is 0 Å². The zero-order valence-electron chi connectivity index (χ0n) is 28.9. The van der Waals surface area contributed by atoms with Crippen molar-refractivity contribution in [1.29, 1.82) is 0 Å². The Kier molecular flexibility index (Phi) is 44.1. The summed E-state index contributed by atoms with van der Waals surface area (Å²) in [5.41, 5.74) is 0. The van der Waals surface area contributed by atoms with E-state index in [9.17, 15) is 9.90 Å². The Morgan fingerprint density at radius 2 is 0.667 bits per heavy atom. The minimum absolute atomic E-state index is 0.0984. The summed E-state index contributed by atoms with van der Waals surface area (Å²) in [5.74, 6) is -0.653. The molecule has 0 aliphatic rings. The number of unbranched alkanes of at least 4 members (excludes halogenated alkanes) is 29. The summed E-state index contributed by atoms with van der Waals surface area (Å²) in [6, 6.07) is 0. The lowest BCUT2D eigenvalue weighted by molar-refractivity contribution is -0.137. The molecule has 0 atom stereocenters. The van der Waals surface area contributed by atoms with Gasteiger partial charge in [0.05, 0.1) is 6.61 Å². The molecule has 0 aromatic carbocycles. The maximum Gasteiger partial charge on any atom is 0.303 e. The van der Waals surface area contributed by atoms with Crippen molar-refractivity contribution in [2.45, 2.75) is 219 Å². The number of aliphatic carboxylic acids is 1. The smallest absolute Gasteiger partial charge is 0.303 e. The molecule has 0 amide bonds. The first kappa shape index (κ1) is 43.5. The molecule has 0 aromatic rings. The third-order valence-electron chi connectivity index (χ3n) is 8.36. The highest BCUT2D eigenvalue weighted by Gasteiger charge is 1.98. The van der Waals surface area contributed by atoms with E-state index in [4.69, 9.17) is 9.84 Å². The summed E-state index contributed by atoms with van der Waals surface area (Å²) < 4.78 is 5.19. The normalized spacial score (nSPS) is 11.0. The van der Waals surface area contributed by atoms with E-state index >= 15 is 0 Å².